The summed E-state index contributed by atoms with van der Waals surface area (Å²) >= 11 is 0. The van der Waals surface area contributed by atoms with E-state index in [4.69, 9.17) is 4.98 Å². The van der Waals surface area contributed by atoms with E-state index in [2.05, 4.69) is 132 Å². The van der Waals surface area contributed by atoms with Gasteiger partial charge in [0.05, 0.1) is 11.4 Å². The second-order valence-corrected chi connectivity index (χ2v) is 10.6. The Morgan fingerprint density at radius 2 is 0.690 bits per heavy atom. The summed E-state index contributed by atoms with van der Waals surface area (Å²) in [6.45, 7) is 0. The number of hydrogen-bond acceptors (Lipinski definition) is 2. The molecule has 1 aromatic heterocycles. The van der Waals surface area contributed by atoms with Crippen molar-refractivity contribution in [3.8, 4) is 44.8 Å². The maximum atomic E-state index is 4.72. The molecule has 0 N–H and O–H groups in total. The number of fused-ring (bicyclic) bond motifs is 6. The lowest BCUT2D eigenvalue weighted by molar-refractivity contribution is 1.21. The molecule has 0 radical (unpaired) electrons. The van der Waals surface area contributed by atoms with Crippen LogP contribution in [0.4, 0.5) is 0 Å². The highest BCUT2D eigenvalue weighted by molar-refractivity contribution is 6.25. The van der Waals surface area contributed by atoms with Crippen LogP contribution < -0.4 is 0 Å². The van der Waals surface area contributed by atoms with Crippen LogP contribution in [0.5, 0.6) is 0 Å². The van der Waals surface area contributed by atoms with Gasteiger partial charge in [0.1, 0.15) is 0 Å². The quantitative estimate of drug-likeness (QED) is 0.210. The molecule has 1 heterocycles. The molecule has 196 valence electrons. The van der Waals surface area contributed by atoms with Gasteiger partial charge in [0.25, 0.3) is 0 Å². The van der Waals surface area contributed by atoms with Crippen molar-refractivity contribution in [3.05, 3.63) is 158 Å². The second kappa shape index (κ2) is 10.1. The largest absolute Gasteiger partial charge is 0.252 e. The first kappa shape index (κ1) is 24.2. The number of rotatable bonds is 4. The molecule has 0 unspecified atom stereocenters. The molecular weight excluding hydrogens is 508 g/mol. The highest BCUT2D eigenvalue weighted by Crippen LogP contribution is 2.37. The fourth-order valence-corrected chi connectivity index (χ4v) is 6.14. The molecule has 0 aliphatic carbocycles. The molecule has 7 aromatic carbocycles. The maximum absolute atomic E-state index is 4.72. The molecule has 0 aliphatic rings. The van der Waals surface area contributed by atoms with Gasteiger partial charge in [0, 0.05) is 23.5 Å². The third-order valence-corrected chi connectivity index (χ3v) is 8.18. The highest BCUT2D eigenvalue weighted by Gasteiger charge is 2.12. The van der Waals surface area contributed by atoms with Gasteiger partial charge in [0.2, 0.25) is 0 Å². The Balaban J connectivity index is 1.18. The maximum Gasteiger partial charge on any atom is 0.0965 e. The SMILES string of the molecule is c1ccc(-c2nccnc2-c2cccc(-c3ccc(-c4ccc5c6ccccc6c6ccccc6c5c4)cc3)c2)cc1. The van der Waals surface area contributed by atoms with E-state index in [9.17, 15) is 0 Å². The van der Waals surface area contributed by atoms with Crippen LogP contribution in [0, 0.1) is 0 Å². The second-order valence-electron chi connectivity index (χ2n) is 10.6. The van der Waals surface area contributed by atoms with Crippen molar-refractivity contribution < 1.29 is 0 Å². The zero-order valence-corrected chi connectivity index (χ0v) is 22.9. The minimum atomic E-state index is 0.887. The summed E-state index contributed by atoms with van der Waals surface area (Å²) in [7, 11) is 0. The summed E-state index contributed by atoms with van der Waals surface area (Å²) in [6.07, 6.45) is 3.52. The Morgan fingerprint density at radius 1 is 0.262 bits per heavy atom. The summed E-state index contributed by atoms with van der Waals surface area (Å²) in [4.78, 5) is 9.38. The standard InChI is InChI=1S/C40H26N2/c1-2-9-29(10-3-1)39-40(42-24-23-41-39)32-12-8-11-30(25-32)27-17-19-28(20-18-27)31-21-22-37-35-15-5-4-13-33(35)34-14-6-7-16-36(34)38(37)26-31/h1-26H. The van der Waals surface area contributed by atoms with E-state index in [0.717, 1.165) is 28.1 Å². The topological polar surface area (TPSA) is 25.8 Å². The van der Waals surface area contributed by atoms with Crippen molar-refractivity contribution in [1.29, 1.82) is 0 Å². The molecule has 0 aliphatic heterocycles. The first-order chi connectivity index (χ1) is 20.8. The zero-order valence-electron chi connectivity index (χ0n) is 22.9. The van der Waals surface area contributed by atoms with Crippen molar-refractivity contribution >= 4 is 32.3 Å². The van der Waals surface area contributed by atoms with Crippen LogP contribution in [-0.4, -0.2) is 9.97 Å². The summed E-state index contributed by atoms with van der Waals surface area (Å²) < 4.78 is 0. The Kier molecular flexibility index (Phi) is 5.82. The molecule has 0 saturated heterocycles. The van der Waals surface area contributed by atoms with Crippen molar-refractivity contribution in [2.45, 2.75) is 0 Å². The molecule has 42 heavy (non-hydrogen) atoms. The zero-order chi connectivity index (χ0) is 27.9. The summed E-state index contributed by atoms with van der Waals surface area (Å²) in [5.74, 6) is 0. The third-order valence-electron chi connectivity index (χ3n) is 8.18. The first-order valence-electron chi connectivity index (χ1n) is 14.2. The average Bonchev–Trinajstić information content (AvgIpc) is 3.09. The average molecular weight is 535 g/mol. The lowest BCUT2D eigenvalue weighted by Gasteiger charge is -2.12. The Bertz CT molecular complexity index is 2200. The van der Waals surface area contributed by atoms with Gasteiger partial charge in [-0.05, 0) is 66.7 Å². The van der Waals surface area contributed by atoms with E-state index < -0.39 is 0 Å². The lowest BCUT2D eigenvalue weighted by Crippen LogP contribution is -1.92. The Labute approximate surface area is 244 Å². The van der Waals surface area contributed by atoms with Gasteiger partial charge < -0.3 is 0 Å². The van der Waals surface area contributed by atoms with Crippen LogP contribution in [-0.2, 0) is 0 Å². The van der Waals surface area contributed by atoms with Crippen LogP contribution in [0.25, 0.3) is 77.1 Å². The van der Waals surface area contributed by atoms with Crippen LogP contribution in [0.1, 0.15) is 0 Å². The number of nitrogens with zero attached hydrogens (tertiary/aromatic N) is 2. The van der Waals surface area contributed by atoms with Gasteiger partial charge >= 0.3 is 0 Å². The molecule has 8 aromatic rings. The van der Waals surface area contributed by atoms with Crippen molar-refractivity contribution in [3.63, 3.8) is 0 Å². The van der Waals surface area contributed by atoms with Gasteiger partial charge in [0.15, 0.2) is 0 Å². The summed E-state index contributed by atoms with van der Waals surface area (Å²) in [5.41, 5.74) is 8.64. The van der Waals surface area contributed by atoms with Crippen molar-refractivity contribution in [2.75, 3.05) is 0 Å². The lowest BCUT2D eigenvalue weighted by atomic mass is 9.91. The molecule has 0 saturated carbocycles. The summed E-state index contributed by atoms with van der Waals surface area (Å²) in [6, 6.07) is 52.0. The molecule has 0 spiro atoms. The van der Waals surface area contributed by atoms with E-state index in [1.165, 1.54) is 49.0 Å². The monoisotopic (exact) mass is 534 g/mol. The first-order valence-corrected chi connectivity index (χ1v) is 14.2. The van der Waals surface area contributed by atoms with Crippen molar-refractivity contribution in [1.82, 2.24) is 9.97 Å². The van der Waals surface area contributed by atoms with Crippen LogP contribution >= 0.6 is 0 Å². The number of benzene rings is 7. The molecule has 0 bridgehead atoms. The fourth-order valence-electron chi connectivity index (χ4n) is 6.14. The van der Waals surface area contributed by atoms with Gasteiger partial charge in [-0.3, -0.25) is 9.97 Å². The molecule has 0 atom stereocenters. The van der Waals surface area contributed by atoms with E-state index in [1.54, 1.807) is 12.4 Å². The molecule has 0 fully saturated rings. The number of hydrogen-bond donors (Lipinski definition) is 0. The van der Waals surface area contributed by atoms with E-state index >= 15 is 0 Å². The van der Waals surface area contributed by atoms with Gasteiger partial charge in [-0.15, -0.1) is 0 Å². The van der Waals surface area contributed by atoms with Crippen LogP contribution in [0.3, 0.4) is 0 Å². The minimum absolute atomic E-state index is 0.887. The Hall–Kier alpha value is -5.60. The molecular formula is C40H26N2. The molecule has 0 amide bonds. The number of aromatic nitrogens is 2. The van der Waals surface area contributed by atoms with Gasteiger partial charge in [-0.2, -0.15) is 0 Å². The predicted molar refractivity (Wildman–Crippen MR) is 176 cm³/mol. The van der Waals surface area contributed by atoms with Crippen LogP contribution in [0.2, 0.25) is 0 Å². The smallest absolute Gasteiger partial charge is 0.0965 e. The highest BCUT2D eigenvalue weighted by atomic mass is 14.8. The fraction of sp³-hybridized carbons (Fsp3) is 0. The van der Waals surface area contributed by atoms with Gasteiger partial charge in [-0.25, -0.2) is 0 Å². The van der Waals surface area contributed by atoms with E-state index in [1.807, 2.05) is 18.2 Å². The van der Waals surface area contributed by atoms with Crippen LogP contribution in [0.15, 0.2) is 158 Å². The van der Waals surface area contributed by atoms with E-state index in [0.29, 0.717) is 0 Å². The van der Waals surface area contributed by atoms with E-state index in [-0.39, 0.29) is 0 Å². The molecule has 8 rings (SSSR count). The Morgan fingerprint density at radius 3 is 1.31 bits per heavy atom. The van der Waals surface area contributed by atoms with Gasteiger partial charge in [-0.1, -0.05) is 133 Å². The summed E-state index contributed by atoms with van der Waals surface area (Å²) in [5, 5.41) is 7.77. The minimum Gasteiger partial charge on any atom is -0.252 e. The normalized spacial score (nSPS) is 11.3. The van der Waals surface area contributed by atoms with Crippen molar-refractivity contribution in [2.24, 2.45) is 0 Å². The predicted octanol–water partition coefficient (Wildman–Crippen LogP) is 10.6. The molecule has 2 nitrogen and oxygen atoms in total. The molecule has 2 heteroatoms. The third kappa shape index (κ3) is 4.13.